The highest BCUT2D eigenvalue weighted by Crippen LogP contribution is 2.58. The maximum Gasteiger partial charge on any atom is 0.116 e. The Morgan fingerprint density at radius 2 is 1.31 bits per heavy atom. The van der Waals surface area contributed by atoms with Crippen molar-refractivity contribution in [1.29, 1.82) is 0 Å². The molecule has 8 heteroatoms. The zero-order chi connectivity index (χ0) is 26.8. The molecule has 0 saturated carbocycles. The van der Waals surface area contributed by atoms with E-state index in [0.29, 0.717) is 5.35 Å². The van der Waals surface area contributed by atoms with Gasteiger partial charge in [-0.3, -0.25) is 4.98 Å². The summed E-state index contributed by atoms with van der Waals surface area (Å²) in [5, 5.41) is 18.2. The SMILES string of the molecule is CCCCSC1=C(SCCCC)SC(=c2c3ccccc3c(=c3sc4cn/c(=C/O)c=4s3)c3ccccc23)S1. The Balaban J connectivity index is 1.64. The van der Waals surface area contributed by atoms with E-state index in [0.717, 1.165) is 15.3 Å². The van der Waals surface area contributed by atoms with Crippen LogP contribution in [0.1, 0.15) is 39.5 Å². The van der Waals surface area contributed by atoms with Crippen LogP contribution in [-0.2, 0) is 0 Å². The Labute approximate surface area is 253 Å². The van der Waals surface area contributed by atoms with E-state index in [1.807, 2.05) is 53.2 Å². The third kappa shape index (κ3) is 5.41. The van der Waals surface area contributed by atoms with E-state index >= 15 is 0 Å². The second kappa shape index (κ2) is 12.5. The van der Waals surface area contributed by atoms with Crippen LogP contribution in [0.25, 0.3) is 32.0 Å². The average molecular weight is 624 g/mol. The van der Waals surface area contributed by atoms with Gasteiger partial charge < -0.3 is 5.11 Å². The van der Waals surface area contributed by atoms with Crippen molar-refractivity contribution in [3.05, 3.63) is 91.9 Å². The Morgan fingerprint density at radius 1 is 0.769 bits per heavy atom. The number of rotatable bonds is 8. The molecule has 6 rings (SSSR count). The van der Waals surface area contributed by atoms with Crippen LogP contribution in [-0.4, -0.2) is 21.6 Å². The number of aliphatic hydroxyl groups is 1. The van der Waals surface area contributed by atoms with Crippen molar-refractivity contribution >= 4 is 102 Å². The van der Waals surface area contributed by atoms with Gasteiger partial charge in [-0.25, -0.2) is 0 Å². The number of aromatic nitrogens is 1. The highest BCUT2D eigenvalue weighted by Gasteiger charge is 2.24. The van der Waals surface area contributed by atoms with Crippen LogP contribution in [0.5, 0.6) is 0 Å². The van der Waals surface area contributed by atoms with Gasteiger partial charge in [0.1, 0.15) is 11.6 Å². The molecule has 0 spiro atoms. The van der Waals surface area contributed by atoms with E-state index in [1.54, 1.807) is 22.7 Å². The molecule has 3 aliphatic heterocycles. The first-order valence-electron chi connectivity index (χ1n) is 13.3. The summed E-state index contributed by atoms with van der Waals surface area (Å²) in [5.41, 5.74) is 0. The van der Waals surface area contributed by atoms with E-state index in [1.165, 1.54) is 85.7 Å². The third-order valence-electron chi connectivity index (χ3n) is 6.64. The van der Waals surface area contributed by atoms with Crippen molar-refractivity contribution in [1.82, 2.24) is 4.98 Å². The summed E-state index contributed by atoms with van der Waals surface area (Å²) in [7, 11) is 0. The summed E-state index contributed by atoms with van der Waals surface area (Å²) in [4.78, 5) is 4.36. The van der Waals surface area contributed by atoms with Gasteiger partial charge in [0, 0.05) is 16.6 Å². The van der Waals surface area contributed by atoms with E-state index in [9.17, 15) is 5.11 Å². The van der Waals surface area contributed by atoms with E-state index in [2.05, 4.69) is 67.4 Å². The summed E-state index contributed by atoms with van der Waals surface area (Å²) in [6, 6.07) is 17.8. The number of aliphatic hydroxyl groups excluding tert-OH is 1. The molecular weight excluding hydrogens is 595 g/mol. The Bertz CT molecular complexity index is 1890. The zero-order valence-electron chi connectivity index (χ0n) is 21.9. The predicted molar refractivity (Wildman–Crippen MR) is 181 cm³/mol. The standard InChI is InChI=1S/C31H29NOS6/c1-3-5-15-34-30-31(35-16-6-4-2)39-29(38-30)26-21-13-9-7-11-19(21)25(20-12-8-10-14-22(20)26)28-36-24-17-32-23(18-33)27(24)37-28/h7-14,17-18,33H,3-6,15-16H2,1-2H3/b23-18+. The fourth-order valence-electron chi connectivity index (χ4n) is 4.69. The average Bonchev–Trinajstić information content (AvgIpc) is 3.66. The highest BCUT2D eigenvalue weighted by molar-refractivity contribution is 8.45. The van der Waals surface area contributed by atoms with E-state index < -0.39 is 0 Å². The quantitative estimate of drug-likeness (QED) is 0.137. The van der Waals surface area contributed by atoms with Gasteiger partial charge in [0.15, 0.2) is 0 Å². The van der Waals surface area contributed by atoms with Gasteiger partial charge in [-0.15, -0.1) is 46.2 Å². The van der Waals surface area contributed by atoms with Gasteiger partial charge in [0.2, 0.25) is 0 Å². The molecule has 39 heavy (non-hydrogen) atoms. The summed E-state index contributed by atoms with van der Waals surface area (Å²) >= 11 is 11.6. The van der Waals surface area contributed by atoms with Gasteiger partial charge in [-0.1, -0.05) is 98.7 Å². The smallest absolute Gasteiger partial charge is 0.116 e. The molecule has 0 saturated heterocycles. The second-order valence-electron chi connectivity index (χ2n) is 9.27. The Kier molecular flexibility index (Phi) is 8.87. The normalized spacial score (nSPS) is 14.6. The lowest BCUT2D eigenvalue weighted by Gasteiger charge is -2.09. The minimum Gasteiger partial charge on any atom is -0.513 e. The lowest BCUT2D eigenvalue weighted by Crippen LogP contribution is -2.07. The molecule has 200 valence electrons. The summed E-state index contributed by atoms with van der Waals surface area (Å²) < 4.78 is 7.81. The molecule has 2 nitrogen and oxygen atoms in total. The minimum absolute atomic E-state index is 0.657. The summed E-state index contributed by atoms with van der Waals surface area (Å²) in [6.45, 7) is 4.55. The fourth-order valence-corrected chi connectivity index (χ4v) is 13.6. The molecule has 0 aliphatic carbocycles. The molecule has 1 N–H and O–H groups in total. The molecule has 0 amide bonds. The lowest BCUT2D eigenvalue weighted by molar-refractivity contribution is 0.538. The van der Waals surface area contributed by atoms with Crippen LogP contribution < -0.4 is 10.6 Å². The van der Waals surface area contributed by atoms with Crippen LogP contribution in [0.3, 0.4) is 0 Å². The first-order chi connectivity index (χ1) is 19.2. The number of thioether (sulfide) groups is 4. The number of hydrogen-bond acceptors (Lipinski definition) is 8. The van der Waals surface area contributed by atoms with Crippen LogP contribution in [0.4, 0.5) is 0 Å². The van der Waals surface area contributed by atoms with Gasteiger partial charge in [0.25, 0.3) is 0 Å². The fraction of sp³-hybridized carbons (Fsp3) is 0.258. The van der Waals surface area contributed by atoms with E-state index in [4.69, 9.17) is 0 Å². The van der Waals surface area contributed by atoms with Crippen molar-refractivity contribution < 1.29 is 5.11 Å². The van der Waals surface area contributed by atoms with Gasteiger partial charge in [0.05, 0.1) is 25.6 Å². The van der Waals surface area contributed by atoms with Crippen molar-refractivity contribution in [2.45, 2.75) is 39.5 Å². The van der Waals surface area contributed by atoms with Gasteiger partial charge in [-0.2, -0.15) is 0 Å². The van der Waals surface area contributed by atoms with Crippen molar-refractivity contribution in [3.63, 3.8) is 0 Å². The molecule has 3 aromatic carbocycles. The first-order valence-corrected chi connectivity index (χ1v) is 18.5. The largest absolute Gasteiger partial charge is 0.513 e. The van der Waals surface area contributed by atoms with Crippen LogP contribution in [0.2, 0.25) is 0 Å². The first kappa shape index (κ1) is 27.6. The number of hydrogen-bond donors (Lipinski definition) is 1. The minimum atomic E-state index is 0.657. The van der Waals surface area contributed by atoms with Gasteiger partial charge in [-0.05, 0) is 45.9 Å². The molecule has 3 aliphatic rings. The molecule has 0 unspecified atom stereocenters. The molecule has 3 heterocycles. The van der Waals surface area contributed by atoms with E-state index in [-0.39, 0.29) is 0 Å². The summed E-state index contributed by atoms with van der Waals surface area (Å²) in [5.74, 6) is 2.37. The van der Waals surface area contributed by atoms with Crippen molar-refractivity contribution in [2.75, 3.05) is 11.5 Å². The van der Waals surface area contributed by atoms with Crippen LogP contribution in [0, 0.1) is 18.1 Å². The molecule has 0 bridgehead atoms. The highest BCUT2D eigenvalue weighted by atomic mass is 32.3. The molecule has 0 radical (unpaired) electrons. The number of fused-ring (bicyclic) bond motifs is 2. The molecule has 3 aromatic rings. The van der Waals surface area contributed by atoms with Gasteiger partial charge >= 0.3 is 0 Å². The Morgan fingerprint density at radius 3 is 1.82 bits per heavy atom. The maximum absolute atomic E-state index is 9.69. The molecule has 0 aromatic heterocycles. The number of unbranched alkanes of at least 4 members (excludes halogenated alkanes) is 2. The zero-order valence-corrected chi connectivity index (χ0v) is 26.8. The predicted octanol–water partition coefficient (Wildman–Crippen LogP) is 9.56. The topological polar surface area (TPSA) is 33.1 Å². The third-order valence-corrected chi connectivity index (χ3v) is 14.9. The van der Waals surface area contributed by atoms with Crippen LogP contribution in [0.15, 0.2) is 63.2 Å². The number of nitrogens with zero attached hydrogens (tertiary/aromatic N) is 1. The Hall–Kier alpha value is -1.55. The summed E-state index contributed by atoms with van der Waals surface area (Å²) in [6.07, 6.45) is 7.98. The molecular formula is C31H29NOS6. The van der Waals surface area contributed by atoms with Crippen molar-refractivity contribution in [3.8, 4) is 0 Å². The second-order valence-corrected chi connectivity index (χ2v) is 16.6. The number of benzene rings is 3. The van der Waals surface area contributed by atoms with Crippen molar-refractivity contribution in [2.24, 2.45) is 0 Å². The molecule has 0 fully saturated rings. The lowest BCUT2D eigenvalue weighted by atomic mass is 9.99. The molecule has 0 atom stereocenters. The maximum atomic E-state index is 9.69. The van der Waals surface area contributed by atoms with Crippen LogP contribution >= 0.6 is 69.7 Å². The monoisotopic (exact) mass is 623 g/mol.